The Bertz CT molecular complexity index is 1270. The summed E-state index contributed by atoms with van der Waals surface area (Å²) >= 11 is 1.54. The number of aryl methyl sites for hydroxylation is 1. The van der Waals surface area contributed by atoms with Gasteiger partial charge in [-0.15, -0.1) is 5.10 Å². The fourth-order valence-corrected chi connectivity index (χ4v) is 4.55. The van der Waals surface area contributed by atoms with E-state index in [0.29, 0.717) is 40.5 Å². The van der Waals surface area contributed by atoms with Crippen LogP contribution in [0.4, 0.5) is 5.95 Å². The van der Waals surface area contributed by atoms with Crippen molar-refractivity contribution in [3.8, 4) is 11.5 Å². The van der Waals surface area contributed by atoms with Gasteiger partial charge in [0.05, 0.1) is 18.8 Å². The first-order chi connectivity index (χ1) is 17.3. The van der Waals surface area contributed by atoms with Gasteiger partial charge in [-0.1, -0.05) is 54.6 Å². The van der Waals surface area contributed by atoms with Gasteiger partial charge < -0.3 is 19.5 Å². The van der Waals surface area contributed by atoms with E-state index in [4.69, 9.17) is 19.3 Å². The summed E-state index contributed by atoms with van der Waals surface area (Å²) in [5.41, 5.74) is 4.23. The Morgan fingerprint density at radius 2 is 1.89 bits per heavy atom. The van der Waals surface area contributed by atoms with Crippen LogP contribution >= 0.6 is 11.8 Å². The predicted molar refractivity (Wildman–Crippen MR) is 141 cm³/mol. The normalized spacial score (nSPS) is 14.9. The Labute approximate surface area is 216 Å². The topological polar surface area (TPSA) is 87.5 Å². The number of esters is 1. The van der Waals surface area contributed by atoms with Crippen LogP contribution in [0.1, 0.15) is 50.4 Å². The van der Waals surface area contributed by atoms with Crippen LogP contribution in [0.2, 0.25) is 0 Å². The monoisotopic (exact) mass is 508 g/mol. The Kier molecular flexibility index (Phi) is 7.88. The number of hydrogen-bond donors (Lipinski definition) is 1. The highest BCUT2D eigenvalue weighted by Gasteiger charge is 2.36. The van der Waals surface area contributed by atoms with Gasteiger partial charge >= 0.3 is 5.97 Å². The second-order valence-corrected chi connectivity index (χ2v) is 10.0. The van der Waals surface area contributed by atoms with E-state index in [-0.39, 0.29) is 6.10 Å². The molecule has 8 nitrogen and oxygen atoms in total. The zero-order chi connectivity index (χ0) is 25.8. The number of nitrogens with one attached hydrogen (secondary N) is 1. The van der Waals surface area contributed by atoms with Gasteiger partial charge in [-0.05, 0) is 56.7 Å². The molecule has 0 amide bonds. The number of benzene rings is 2. The van der Waals surface area contributed by atoms with Gasteiger partial charge in [-0.2, -0.15) is 4.98 Å². The van der Waals surface area contributed by atoms with Crippen LogP contribution in [0.5, 0.6) is 11.5 Å². The molecule has 0 fully saturated rings. The molecular weight excluding hydrogens is 476 g/mol. The Morgan fingerprint density at radius 1 is 1.14 bits per heavy atom. The fourth-order valence-electron chi connectivity index (χ4n) is 3.99. The quantitative estimate of drug-likeness (QED) is 0.298. The molecule has 190 valence electrons. The maximum atomic E-state index is 13.2. The molecule has 9 heteroatoms. The third-order valence-corrected chi connectivity index (χ3v) is 6.41. The first-order valence-corrected chi connectivity index (χ1v) is 12.9. The van der Waals surface area contributed by atoms with Gasteiger partial charge in [0, 0.05) is 5.70 Å². The molecule has 1 aliphatic rings. The maximum absolute atomic E-state index is 13.2. The molecule has 0 radical (unpaired) electrons. The highest BCUT2D eigenvalue weighted by Crippen LogP contribution is 2.40. The first-order valence-electron chi connectivity index (χ1n) is 11.9. The molecule has 0 bridgehead atoms. The summed E-state index contributed by atoms with van der Waals surface area (Å²) in [4.78, 5) is 17.8. The van der Waals surface area contributed by atoms with Gasteiger partial charge in [0.15, 0.2) is 11.5 Å². The van der Waals surface area contributed by atoms with Crippen LogP contribution in [0.15, 0.2) is 58.9 Å². The number of carbonyl (C=O) groups excluding carboxylic acids is 1. The van der Waals surface area contributed by atoms with Crippen LogP contribution < -0.4 is 14.8 Å². The highest BCUT2D eigenvalue weighted by atomic mass is 32.2. The molecule has 2 heterocycles. The van der Waals surface area contributed by atoms with Crippen molar-refractivity contribution in [3.05, 3.63) is 70.4 Å². The lowest BCUT2D eigenvalue weighted by atomic mass is 9.95. The van der Waals surface area contributed by atoms with Crippen LogP contribution in [-0.4, -0.2) is 39.7 Å². The average Bonchev–Trinajstić information content (AvgIpc) is 3.24. The molecule has 0 saturated carbocycles. The number of nitrogens with zero attached hydrogens (tertiary/aromatic N) is 3. The number of methoxy groups -OCH3 is 1. The third-order valence-electron chi connectivity index (χ3n) is 5.69. The molecule has 1 N–H and O–H groups in total. The number of thioether (sulfide) groups is 1. The number of carbonyl (C=O) groups is 1. The number of ether oxygens (including phenoxy) is 3. The Hall–Kier alpha value is -3.46. The molecule has 0 spiro atoms. The van der Waals surface area contributed by atoms with Gasteiger partial charge in [0.2, 0.25) is 11.1 Å². The van der Waals surface area contributed by atoms with Crippen LogP contribution in [-0.2, 0) is 16.1 Å². The maximum Gasteiger partial charge on any atom is 0.338 e. The molecule has 36 heavy (non-hydrogen) atoms. The summed E-state index contributed by atoms with van der Waals surface area (Å²) in [5, 5.41) is 8.56. The van der Waals surface area contributed by atoms with Crippen molar-refractivity contribution in [2.45, 2.75) is 58.5 Å². The minimum atomic E-state index is -0.536. The summed E-state index contributed by atoms with van der Waals surface area (Å²) in [6.07, 6.45) is -0.256. The number of rotatable bonds is 9. The largest absolute Gasteiger partial charge is 0.493 e. The molecule has 3 aromatic rings. The minimum absolute atomic E-state index is 0.256. The molecule has 2 aromatic carbocycles. The zero-order valence-corrected chi connectivity index (χ0v) is 22.3. The highest BCUT2D eigenvalue weighted by molar-refractivity contribution is 7.99. The molecule has 1 unspecified atom stereocenters. The third kappa shape index (κ3) is 5.51. The molecule has 4 rings (SSSR count). The number of fused-ring (bicyclic) bond motifs is 1. The summed E-state index contributed by atoms with van der Waals surface area (Å²) in [6, 6.07) is 13.3. The predicted octanol–water partition coefficient (Wildman–Crippen LogP) is 5.53. The summed E-state index contributed by atoms with van der Waals surface area (Å²) in [7, 11) is 1.60. The lowest BCUT2D eigenvalue weighted by Gasteiger charge is -2.29. The standard InChI is InChI=1S/C27H32N4O4S/c1-7-36-27-29-26-28-18(5)23(25(32)35-16(2)3)24(31(26)30-27)20-12-13-21(22(14-20)33-6)34-15-19-10-8-17(4)9-11-19/h8-14,16,24H,7,15H2,1-6H3,(H,28,29,30). The average molecular weight is 509 g/mol. The second-order valence-electron chi connectivity index (χ2n) is 8.80. The van der Waals surface area contributed by atoms with E-state index in [0.717, 1.165) is 16.9 Å². The van der Waals surface area contributed by atoms with Gasteiger partial charge in [0.25, 0.3) is 0 Å². The molecule has 0 aliphatic carbocycles. The number of anilines is 1. The van der Waals surface area contributed by atoms with E-state index in [1.165, 1.54) is 5.56 Å². The number of hydrogen-bond acceptors (Lipinski definition) is 8. The van der Waals surface area contributed by atoms with Crippen molar-refractivity contribution in [3.63, 3.8) is 0 Å². The second kappa shape index (κ2) is 11.1. The van der Waals surface area contributed by atoms with E-state index in [1.807, 2.05) is 58.0 Å². The van der Waals surface area contributed by atoms with Crippen molar-refractivity contribution in [1.29, 1.82) is 0 Å². The van der Waals surface area contributed by atoms with Crippen molar-refractivity contribution >= 4 is 23.7 Å². The minimum Gasteiger partial charge on any atom is -0.493 e. The SMILES string of the molecule is CCSc1nc2n(n1)C(c1ccc(OCc3ccc(C)cc3)c(OC)c1)C(C(=O)OC(C)C)=C(C)N2. The first kappa shape index (κ1) is 25.6. The lowest BCUT2D eigenvalue weighted by Crippen LogP contribution is -2.30. The van der Waals surface area contributed by atoms with Gasteiger partial charge in [-0.25, -0.2) is 9.48 Å². The van der Waals surface area contributed by atoms with Crippen molar-refractivity contribution in [1.82, 2.24) is 14.8 Å². The van der Waals surface area contributed by atoms with E-state index >= 15 is 0 Å². The van der Waals surface area contributed by atoms with Crippen LogP contribution in [0, 0.1) is 6.92 Å². The van der Waals surface area contributed by atoms with E-state index in [2.05, 4.69) is 29.4 Å². The number of allylic oxidation sites excluding steroid dienone is 1. The Balaban J connectivity index is 1.71. The molecule has 0 saturated heterocycles. The van der Waals surface area contributed by atoms with Gasteiger partial charge in [-0.3, -0.25) is 0 Å². The van der Waals surface area contributed by atoms with Crippen LogP contribution in [0.3, 0.4) is 0 Å². The van der Waals surface area contributed by atoms with E-state index in [1.54, 1.807) is 23.6 Å². The fraction of sp³-hybridized carbons (Fsp3) is 0.370. The smallest absolute Gasteiger partial charge is 0.338 e. The summed E-state index contributed by atoms with van der Waals surface area (Å²) < 4.78 is 19.1. The van der Waals surface area contributed by atoms with Gasteiger partial charge in [0.1, 0.15) is 12.6 Å². The molecule has 1 aliphatic heterocycles. The Morgan fingerprint density at radius 3 is 2.56 bits per heavy atom. The molecular formula is C27H32N4O4S. The van der Waals surface area contributed by atoms with E-state index < -0.39 is 12.0 Å². The van der Waals surface area contributed by atoms with Crippen molar-refractivity contribution in [2.24, 2.45) is 0 Å². The number of aromatic nitrogens is 3. The summed E-state index contributed by atoms with van der Waals surface area (Å²) in [5.74, 6) is 2.20. The van der Waals surface area contributed by atoms with E-state index in [9.17, 15) is 4.79 Å². The lowest BCUT2D eigenvalue weighted by molar-refractivity contribution is -0.143. The van der Waals surface area contributed by atoms with Crippen molar-refractivity contribution < 1.29 is 19.0 Å². The molecule has 1 aromatic heterocycles. The zero-order valence-electron chi connectivity index (χ0n) is 21.5. The van der Waals surface area contributed by atoms with Crippen molar-refractivity contribution in [2.75, 3.05) is 18.2 Å². The summed E-state index contributed by atoms with van der Waals surface area (Å²) in [6.45, 7) is 10.0. The van der Waals surface area contributed by atoms with Crippen LogP contribution in [0.25, 0.3) is 0 Å². The molecule has 1 atom stereocenters.